The summed E-state index contributed by atoms with van der Waals surface area (Å²) in [6.45, 7) is 1.18. The molecule has 0 bridgehead atoms. The van der Waals surface area contributed by atoms with E-state index in [1.165, 1.54) is 0 Å². The van der Waals surface area contributed by atoms with Crippen LogP contribution in [0.1, 0.15) is 17.5 Å². The van der Waals surface area contributed by atoms with Gasteiger partial charge in [0, 0.05) is 28.0 Å². The van der Waals surface area contributed by atoms with Crippen LogP contribution in [-0.4, -0.2) is 17.4 Å². The number of hydrogen-bond acceptors (Lipinski definition) is 3. The van der Waals surface area contributed by atoms with E-state index in [0.29, 0.717) is 46.3 Å². The lowest BCUT2D eigenvalue weighted by molar-refractivity contribution is 0.297. The van der Waals surface area contributed by atoms with Crippen LogP contribution in [0.15, 0.2) is 36.4 Å². The first-order chi connectivity index (χ1) is 11.1. The van der Waals surface area contributed by atoms with Crippen molar-refractivity contribution < 1.29 is 13.7 Å². The van der Waals surface area contributed by atoms with Gasteiger partial charge in [-0.15, -0.1) is 0 Å². The van der Waals surface area contributed by atoms with Crippen LogP contribution >= 0.6 is 23.2 Å². The molecule has 1 heterocycles. The molecule has 1 aliphatic rings. The maximum Gasteiger partial charge on any atom is 0.179 e. The third-order valence-corrected chi connectivity index (χ3v) is 5.40. The molecule has 1 unspecified atom stereocenters. The lowest BCUT2D eigenvalue weighted by Gasteiger charge is -2.11. The lowest BCUT2D eigenvalue weighted by Crippen LogP contribution is -2.01. The summed E-state index contributed by atoms with van der Waals surface area (Å²) in [4.78, 5) is 0. The van der Waals surface area contributed by atoms with Gasteiger partial charge in [-0.3, -0.25) is 4.21 Å². The van der Waals surface area contributed by atoms with Gasteiger partial charge in [0.1, 0.15) is 0 Å². The number of benzene rings is 2. The Hall–Kier alpha value is -1.23. The molecule has 2 aromatic carbocycles. The Balaban J connectivity index is 1.75. The van der Waals surface area contributed by atoms with Crippen LogP contribution in [0.5, 0.6) is 11.5 Å². The van der Waals surface area contributed by atoms with Gasteiger partial charge in [0.05, 0.1) is 24.0 Å². The Labute approximate surface area is 148 Å². The monoisotopic (exact) mass is 370 g/mol. The molecule has 23 heavy (non-hydrogen) atoms. The molecule has 2 aromatic rings. The van der Waals surface area contributed by atoms with E-state index >= 15 is 0 Å². The zero-order valence-electron chi connectivity index (χ0n) is 12.4. The number of halogens is 2. The molecule has 0 aliphatic carbocycles. The van der Waals surface area contributed by atoms with E-state index < -0.39 is 10.8 Å². The summed E-state index contributed by atoms with van der Waals surface area (Å²) in [5, 5.41) is 1.13. The average molecular weight is 371 g/mol. The van der Waals surface area contributed by atoms with Gasteiger partial charge in [-0.1, -0.05) is 41.4 Å². The second-order valence-electron chi connectivity index (χ2n) is 5.28. The van der Waals surface area contributed by atoms with Crippen molar-refractivity contribution in [1.82, 2.24) is 0 Å². The molecule has 0 saturated heterocycles. The van der Waals surface area contributed by atoms with Crippen LogP contribution in [0.2, 0.25) is 10.0 Å². The van der Waals surface area contributed by atoms with Crippen molar-refractivity contribution in [2.24, 2.45) is 0 Å². The summed E-state index contributed by atoms with van der Waals surface area (Å²) in [5.41, 5.74) is 1.75. The second kappa shape index (κ2) is 7.56. The molecule has 122 valence electrons. The highest BCUT2D eigenvalue weighted by Gasteiger charge is 2.16. The van der Waals surface area contributed by atoms with Gasteiger partial charge >= 0.3 is 0 Å². The molecule has 1 atom stereocenters. The van der Waals surface area contributed by atoms with Gasteiger partial charge in [0.2, 0.25) is 0 Å². The first kappa shape index (κ1) is 16.6. The summed E-state index contributed by atoms with van der Waals surface area (Å²) >= 11 is 12.4. The van der Waals surface area contributed by atoms with Gasteiger partial charge in [-0.2, -0.15) is 0 Å². The normalized spacial score (nSPS) is 15.0. The van der Waals surface area contributed by atoms with E-state index in [0.717, 1.165) is 17.5 Å². The summed E-state index contributed by atoms with van der Waals surface area (Å²) < 4.78 is 23.7. The fraction of sp³-hybridized carbons (Fsp3) is 0.294. The Morgan fingerprint density at radius 2 is 1.78 bits per heavy atom. The third kappa shape index (κ3) is 4.19. The van der Waals surface area contributed by atoms with Crippen molar-refractivity contribution >= 4 is 34.0 Å². The quantitative estimate of drug-likeness (QED) is 0.788. The van der Waals surface area contributed by atoms with Crippen LogP contribution in [-0.2, 0) is 22.3 Å². The molecule has 0 saturated carbocycles. The molecule has 6 heteroatoms. The number of hydrogen-bond donors (Lipinski definition) is 0. The van der Waals surface area contributed by atoms with Crippen molar-refractivity contribution in [3.63, 3.8) is 0 Å². The van der Waals surface area contributed by atoms with Crippen LogP contribution in [0.3, 0.4) is 0 Å². The molecular weight excluding hydrogens is 355 g/mol. The third-order valence-electron chi connectivity index (χ3n) is 3.46. The minimum atomic E-state index is -1.09. The highest BCUT2D eigenvalue weighted by molar-refractivity contribution is 7.83. The summed E-state index contributed by atoms with van der Waals surface area (Å²) in [7, 11) is -1.09. The van der Waals surface area contributed by atoms with E-state index in [4.69, 9.17) is 32.7 Å². The van der Waals surface area contributed by atoms with Crippen LogP contribution in [0.25, 0.3) is 0 Å². The van der Waals surface area contributed by atoms with Crippen LogP contribution < -0.4 is 9.47 Å². The predicted molar refractivity (Wildman–Crippen MR) is 94.1 cm³/mol. The Morgan fingerprint density at radius 1 is 1.00 bits per heavy atom. The molecule has 0 radical (unpaired) electrons. The van der Waals surface area contributed by atoms with Crippen LogP contribution in [0.4, 0.5) is 0 Å². The summed E-state index contributed by atoms with van der Waals surface area (Å²) in [5.74, 6) is 2.00. The summed E-state index contributed by atoms with van der Waals surface area (Å²) in [6, 6.07) is 11.1. The van der Waals surface area contributed by atoms with Crippen molar-refractivity contribution in [1.29, 1.82) is 0 Å². The number of rotatable bonds is 4. The number of fused-ring (bicyclic) bond motifs is 1. The Kier molecular flexibility index (Phi) is 5.46. The fourth-order valence-corrected chi connectivity index (χ4v) is 4.20. The highest BCUT2D eigenvalue weighted by atomic mass is 35.5. The van der Waals surface area contributed by atoms with Crippen LogP contribution in [0, 0.1) is 0 Å². The fourth-order valence-electron chi connectivity index (χ4n) is 2.39. The SMILES string of the molecule is O=S(Cc1cc(Cl)c2c(c1)OCCCO2)Cc1ccccc1Cl. The molecule has 1 aliphatic heterocycles. The van der Waals surface area contributed by atoms with E-state index in [1.807, 2.05) is 24.3 Å². The molecule has 3 nitrogen and oxygen atoms in total. The second-order valence-corrected chi connectivity index (χ2v) is 7.55. The van der Waals surface area contributed by atoms with E-state index in [9.17, 15) is 4.21 Å². The minimum absolute atomic E-state index is 0.390. The molecule has 3 rings (SSSR count). The van der Waals surface area contributed by atoms with Crippen molar-refractivity contribution in [3.8, 4) is 11.5 Å². The van der Waals surface area contributed by atoms with Crippen molar-refractivity contribution in [3.05, 3.63) is 57.6 Å². The lowest BCUT2D eigenvalue weighted by atomic mass is 10.2. The van der Waals surface area contributed by atoms with Crippen molar-refractivity contribution in [2.75, 3.05) is 13.2 Å². The Bertz CT molecular complexity index is 734. The molecule has 0 N–H and O–H groups in total. The van der Waals surface area contributed by atoms with Gasteiger partial charge < -0.3 is 9.47 Å². The van der Waals surface area contributed by atoms with Gasteiger partial charge in [0.15, 0.2) is 11.5 Å². The van der Waals surface area contributed by atoms with E-state index in [-0.39, 0.29) is 0 Å². The molecule has 0 amide bonds. The van der Waals surface area contributed by atoms with E-state index in [2.05, 4.69) is 0 Å². The molecule has 0 fully saturated rings. The zero-order chi connectivity index (χ0) is 16.2. The zero-order valence-corrected chi connectivity index (χ0v) is 14.7. The van der Waals surface area contributed by atoms with Crippen molar-refractivity contribution in [2.45, 2.75) is 17.9 Å². The first-order valence-corrected chi connectivity index (χ1v) is 9.54. The molecule has 0 spiro atoms. The predicted octanol–water partition coefficient (Wildman–Crippen LogP) is 4.60. The van der Waals surface area contributed by atoms with Gasteiger partial charge in [0.25, 0.3) is 0 Å². The van der Waals surface area contributed by atoms with Gasteiger partial charge in [-0.05, 0) is 29.3 Å². The summed E-state index contributed by atoms with van der Waals surface area (Å²) in [6.07, 6.45) is 0.818. The maximum absolute atomic E-state index is 12.4. The smallest absolute Gasteiger partial charge is 0.179 e. The minimum Gasteiger partial charge on any atom is -0.489 e. The maximum atomic E-state index is 12.4. The molecule has 0 aromatic heterocycles. The highest BCUT2D eigenvalue weighted by Crippen LogP contribution is 2.38. The largest absolute Gasteiger partial charge is 0.489 e. The Morgan fingerprint density at radius 3 is 2.61 bits per heavy atom. The topological polar surface area (TPSA) is 35.5 Å². The molecular formula is C17H16Cl2O3S. The number of ether oxygens (including phenoxy) is 2. The van der Waals surface area contributed by atoms with Gasteiger partial charge in [-0.25, -0.2) is 0 Å². The standard InChI is InChI=1S/C17H16Cl2O3S/c18-14-5-2-1-4-13(14)11-23(20)10-12-8-15(19)17-16(9-12)21-6-3-7-22-17/h1-2,4-5,8-9H,3,6-7,10-11H2. The first-order valence-electron chi connectivity index (χ1n) is 7.30. The van der Waals surface area contributed by atoms with E-state index in [1.54, 1.807) is 12.1 Å². The average Bonchev–Trinajstić information content (AvgIpc) is 2.75.